The summed E-state index contributed by atoms with van der Waals surface area (Å²) in [6.45, 7) is 1.89. The number of para-hydroxylation sites is 1. The van der Waals surface area contributed by atoms with E-state index in [1.165, 1.54) is 15.9 Å². The van der Waals surface area contributed by atoms with Crippen LogP contribution in [0.5, 0.6) is 5.75 Å². The second kappa shape index (κ2) is 6.96. The monoisotopic (exact) mass is 369 g/mol. The predicted molar refractivity (Wildman–Crippen MR) is 96.1 cm³/mol. The zero-order valence-electron chi connectivity index (χ0n) is 13.8. The van der Waals surface area contributed by atoms with Crippen LogP contribution in [0.25, 0.3) is 16.5 Å². The number of anilines is 1. The van der Waals surface area contributed by atoms with E-state index in [1.807, 2.05) is 37.3 Å². The van der Waals surface area contributed by atoms with E-state index in [1.54, 1.807) is 18.4 Å². The molecule has 0 aliphatic rings. The van der Waals surface area contributed by atoms with Crippen LogP contribution in [0.4, 0.5) is 5.13 Å². The van der Waals surface area contributed by atoms with Crippen LogP contribution >= 0.6 is 11.3 Å². The smallest absolute Gasteiger partial charge is 0.267 e. The number of ether oxygens (including phenoxy) is 1. The van der Waals surface area contributed by atoms with E-state index >= 15 is 0 Å². The van der Waals surface area contributed by atoms with Crippen molar-refractivity contribution >= 4 is 27.3 Å². The first-order valence-corrected chi connectivity index (χ1v) is 8.85. The van der Waals surface area contributed by atoms with Gasteiger partial charge >= 0.3 is 0 Å². The molecular weight excluding hydrogens is 354 g/mol. The van der Waals surface area contributed by atoms with Gasteiger partial charge < -0.3 is 9.15 Å². The Morgan fingerprint density at radius 2 is 2.12 bits per heavy atom. The normalized spacial score (nSPS) is 12.2. The first-order chi connectivity index (χ1) is 12.7. The summed E-state index contributed by atoms with van der Waals surface area (Å²) in [5, 5.41) is 15.7. The van der Waals surface area contributed by atoms with Gasteiger partial charge in [-0.3, -0.25) is 10.1 Å². The quantitative estimate of drug-likeness (QED) is 0.561. The van der Waals surface area contributed by atoms with Crippen LogP contribution in [0, 0.1) is 0 Å². The number of hydrogen-bond donors (Lipinski definition) is 1. The SMILES string of the molecule is CCC(Oc1ccccc1)C(=O)Nc1nn2c(-c3ccco3)nnc2s1. The molecular formula is C17H15N5O3S. The number of hydrogen-bond acceptors (Lipinski definition) is 7. The number of fused-ring (bicyclic) bond motifs is 1. The molecule has 26 heavy (non-hydrogen) atoms. The van der Waals surface area contributed by atoms with Gasteiger partial charge in [-0.15, -0.1) is 15.3 Å². The molecule has 1 unspecified atom stereocenters. The molecule has 0 aliphatic carbocycles. The van der Waals surface area contributed by atoms with Crippen molar-refractivity contribution < 1.29 is 13.9 Å². The van der Waals surface area contributed by atoms with Crippen molar-refractivity contribution in [3.63, 3.8) is 0 Å². The average molecular weight is 369 g/mol. The van der Waals surface area contributed by atoms with Gasteiger partial charge in [-0.05, 0) is 30.7 Å². The maximum absolute atomic E-state index is 12.5. The van der Waals surface area contributed by atoms with Crippen LogP contribution in [0.2, 0.25) is 0 Å². The number of aromatic nitrogens is 4. The minimum absolute atomic E-state index is 0.263. The van der Waals surface area contributed by atoms with Crippen LogP contribution in [0.3, 0.4) is 0 Å². The highest BCUT2D eigenvalue weighted by atomic mass is 32.1. The molecule has 3 aromatic heterocycles. The number of amides is 1. The highest BCUT2D eigenvalue weighted by Crippen LogP contribution is 2.24. The molecule has 8 nitrogen and oxygen atoms in total. The van der Waals surface area contributed by atoms with Crippen molar-refractivity contribution in [3.05, 3.63) is 48.7 Å². The Kier molecular flexibility index (Phi) is 4.36. The lowest BCUT2D eigenvalue weighted by Gasteiger charge is -2.16. The Labute approximate surface area is 152 Å². The molecule has 1 aromatic carbocycles. The number of rotatable bonds is 6. The third-order valence-corrected chi connectivity index (χ3v) is 4.46. The van der Waals surface area contributed by atoms with E-state index in [0.29, 0.717) is 33.8 Å². The van der Waals surface area contributed by atoms with Gasteiger partial charge in [0, 0.05) is 0 Å². The fourth-order valence-corrected chi connectivity index (χ4v) is 3.14. The van der Waals surface area contributed by atoms with Gasteiger partial charge in [0.15, 0.2) is 11.9 Å². The largest absolute Gasteiger partial charge is 0.481 e. The molecule has 0 spiro atoms. The summed E-state index contributed by atoms with van der Waals surface area (Å²) in [6.07, 6.45) is 1.47. The Morgan fingerprint density at radius 3 is 2.85 bits per heavy atom. The molecule has 0 saturated carbocycles. The lowest BCUT2D eigenvalue weighted by Crippen LogP contribution is -2.32. The van der Waals surface area contributed by atoms with Crippen molar-refractivity contribution in [2.45, 2.75) is 19.4 Å². The van der Waals surface area contributed by atoms with Gasteiger partial charge in [0.1, 0.15) is 5.75 Å². The van der Waals surface area contributed by atoms with E-state index < -0.39 is 6.10 Å². The van der Waals surface area contributed by atoms with E-state index in [4.69, 9.17) is 9.15 Å². The van der Waals surface area contributed by atoms with Gasteiger partial charge in [0.05, 0.1) is 6.26 Å². The number of carbonyl (C=O) groups is 1. The lowest BCUT2D eigenvalue weighted by atomic mass is 10.2. The van der Waals surface area contributed by atoms with Crippen molar-refractivity contribution in [2.75, 3.05) is 5.32 Å². The fourth-order valence-electron chi connectivity index (χ4n) is 2.40. The van der Waals surface area contributed by atoms with Gasteiger partial charge in [-0.1, -0.05) is 36.5 Å². The van der Waals surface area contributed by atoms with Gasteiger partial charge in [0.2, 0.25) is 15.9 Å². The Balaban J connectivity index is 1.52. The number of furan rings is 1. The van der Waals surface area contributed by atoms with Crippen LogP contribution < -0.4 is 10.1 Å². The number of benzene rings is 1. The molecule has 9 heteroatoms. The number of nitrogens with one attached hydrogen (secondary N) is 1. The van der Waals surface area contributed by atoms with Crippen molar-refractivity contribution in [1.82, 2.24) is 19.8 Å². The van der Waals surface area contributed by atoms with E-state index in [-0.39, 0.29) is 5.91 Å². The summed E-state index contributed by atoms with van der Waals surface area (Å²) in [7, 11) is 0. The van der Waals surface area contributed by atoms with Gasteiger partial charge in [-0.2, -0.15) is 4.52 Å². The first kappa shape index (κ1) is 16.3. The van der Waals surface area contributed by atoms with Crippen LogP contribution in [-0.2, 0) is 4.79 Å². The zero-order chi connectivity index (χ0) is 17.9. The zero-order valence-corrected chi connectivity index (χ0v) is 14.6. The highest BCUT2D eigenvalue weighted by Gasteiger charge is 2.21. The molecule has 0 aliphatic heterocycles. The maximum atomic E-state index is 12.5. The molecule has 1 amide bonds. The second-order valence-electron chi connectivity index (χ2n) is 5.42. The van der Waals surface area contributed by atoms with E-state index in [0.717, 1.165) is 0 Å². The average Bonchev–Trinajstić information content (AvgIpc) is 3.37. The molecule has 132 valence electrons. The Bertz CT molecular complexity index is 1010. The third-order valence-electron chi connectivity index (χ3n) is 3.65. The third kappa shape index (κ3) is 3.16. The minimum Gasteiger partial charge on any atom is -0.481 e. The summed E-state index contributed by atoms with van der Waals surface area (Å²) >= 11 is 1.23. The number of carbonyl (C=O) groups excluding carboxylic acids is 1. The van der Waals surface area contributed by atoms with E-state index in [2.05, 4.69) is 20.6 Å². The highest BCUT2D eigenvalue weighted by molar-refractivity contribution is 7.20. The van der Waals surface area contributed by atoms with Crippen LogP contribution in [0.15, 0.2) is 53.1 Å². The fraction of sp³-hybridized carbons (Fsp3) is 0.176. The molecule has 3 heterocycles. The van der Waals surface area contributed by atoms with Crippen molar-refractivity contribution in [1.29, 1.82) is 0 Å². The summed E-state index contributed by atoms with van der Waals surface area (Å²) in [5.74, 6) is 1.42. The summed E-state index contributed by atoms with van der Waals surface area (Å²) in [6, 6.07) is 12.8. The van der Waals surface area contributed by atoms with Crippen molar-refractivity contribution in [2.24, 2.45) is 0 Å². The molecule has 0 bridgehead atoms. The lowest BCUT2D eigenvalue weighted by molar-refractivity contribution is -0.122. The first-order valence-electron chi connectivity index (χ1n) is 8.03. The summed E-state index contributed by atoms with van der Waals surface area (Å²) in [4.78, 5) is 13.1. The standard InChI is InChI=1S/C17H15N5O3S/c1-2-12(25-11-7-4-3-5-8-11)15(23)18-16-21-22-14(13-9-6-10-24-13)19-20-17(22)26-16/h3-10,12H,2H2,1H3,(H,18,21,23). The molecule has 0 fully saturated rings. The Morgan fingerprint density at radius 1 is 1.27 bits per heavy atom. The molecule has 1 atom stereocenters. The maximum Gasteiger partial charge on any atom is 0.267 e. The number of nitrogens with zero attached hydrogens (tertiary/aromatic N) is 4. The van der Waals surface area contributed by atoms with Gasteiger partial charge in [0.25, 0.3) is 5.91 Å². The topological polar surface area (TPSA) is 94.5 Å². The molecule has 1 N–H and O–H groups in total. The molecule has 4 aromatic rings. The predicted octanol–water partition coefficient (Wildman–Crippen LogP) is 3.24. The van der Waals surface area contributed by atoms with Crippen molar-refractivity contribution in [3.8, 4) is 17.3 Å². The van der Waals surface area contributed by atoms with E-state index in [9.17, 15) is 4.79 Å². The molecule has 0 saturated heterocycles. The van der Waals surface area contributed by atoms with Crippen LogP contribution in [-0.4, -0.2) is 31.8 Å². The van der Waals surface area contributed by atoms with Crippen LogP contribution in [0.1, 0.15) is 13.3 Å². The Hall–Kier alpha value is -3.20. The molecule has 0 radical (unpaired) electrons. The summed E-state index contributed by atoms with van der Waals surface area (Å²) in [5.41, 5.74) is 0. The molecule has 4 rings (SSSR count). The summed E-state index contributed by atoms with van der Waals surface area (Å²) < 4.78 is 12.6. The van der Waals surface area contributed by atoms with Gasteiger partial charge in [-0.25, -0.2) is 0 Å². The minimum atomic E-state index is -0.615. The second-order valence-corrected chi connectivity index (χ2v) is 6.38.